The molecule has 1 aromatic heterocycles. The number of rotatable bonds is 4. The fraction of sp³-hybridized carbons (Fsp3) is 0.471. The lowest BCUT2D eigenvalue weighted by atomic mass is 9.91. The van der Waals surface area contributed by atoms with Crippen LogP contribution in [0, 0.1) is 5.92 Å². The summed E-state index contributed by atoms with van der Waals surface area (Å²) in [5, 5.41) is 4.28. The summed E-state index contributed by atoms with van der Waals surface area (Å²) in [4.78, 5) is 13.5. The van der Waals surface area contributed by atoms with Gasteiger partial charge in [0.25, 0.3) is 0 Å². The molecular weight excluding hydrogens is 296 g/mol. The Morgan fingerprint density at radius 3 is 2.82 bits per heavy atom. The molecule has 1 saturated heterocycles. The number of nitrogens with one attached hydrogen (secondary N) is 1. The molecule has 4 nitrogen and oxygen atoms in total. The Morgan fingerprint density at radius 2 is 2.09 bits per heavy atom. The van der Waals surface area contributed by atoms with Crippen LogP contribution in [0.4, 0.5) is 0 Å². The lowest BCUT2D eigenvalue weighted by Gasteiger charge is -2.27. The van der Waals surface area contributed by atoms with Gasteiger partial charge in [-0.05, 0) is 43.2 Å². The van der Waals surface area contributed by atoms with Crippen LogP contribution in [0.5, 0.6) is 0 Å². The summed E-state index contributed by atoms with van der Waals surface area (Å²) in [7, 11) is 0. The molecule has 1 fully saturated rings. The Morgan fingerprint density at radius 1 is 1.36 bits per heavy atom. The Balaban J connectivity index is 1.64. The monoisotopic (exact) mass is 318 g/mol. The van der Waals surface area contributed by atoms with Crippen molar-refractivity contribution in [2.45, 2.75) is 31.8 Å². The van der Waals surface area contributed by atoms with Crippen LogP contribution < -0.4 is 11.1 Å². The predicted octanol–water partition coefficient (Wildman–Crippen LogP) is 2.83. The maximum atomic E-state index is 12.4. The second kappa shape index (κ2) is 6.77. The standard InChI is InChI=1S/C17H22N2O2S/c1-11(15-10-13-4-2-3-5-14(13)22-15)19-17(20)16(18)12-6-8-21-9-7-12/h2-5,10-12,16H,6-9,18H2,1H3,(H,19,20). The molecule has 3 rings (SSSR count). The van der Waals surface area contributed by atoms with Crippen LogP contribution in [0.25, 0.3) is 10.1 Å². The summed E-state index contributed by atoms with van der Waals surface area (Å²) in [5.74, 6) is 0.167. The molecule has 0 spiro atoms. The van der Waals surface area contributed by atoms with E-state index in [-0.39, 0.29) is 17.9 Å². The average Bonchev–Trinajstić information content (AvgIpc) is 2.99. The van der Waals surface area contributed by atoms with Crippen molar-refractivity contribution in [2.24, 2.45) is 11.7 Å². The SMILES string of the molecule is CC(NC(=O)C(N)C1CCOCC1)c1cc2ccccc2s1. The maximum Gasteiger partial charge on any atom is 0.237 e. The van der Waals surface area contributed by atoms with Crippen LogP contribution in [-0.2, 0) is 9.53 Å². The fourth-order valence-corrected chi connectivity index (χ4v) is 3.95. The molecule has 2 heterocycles. The summed E-state index contributed by atoms with van der Waals surface area (Å²) >= 11 is 1.72. The summed E-state index contributed by atoms with van der Waals surface area (Å²) < 4.78 is 6.57. The second-order valence-electron chi connectivity index (χ2n) is 5.89. The Bertz CT molecular complexity index is 616. The van der Waals surface area contributed by atoms with E-state index in [0.29, 0.717) is 13.2 Å². The molecule has 0 bridgehead atoms. The third-order valence-electron chi connectivity index (χ3n) is 4.31. The van der Waals surface area contributed by atoms with E-state index in [2.05, 4.69) is 23.5 Å². The smallest absolute Gasteiger partial charge is 0.237 e. The number of thiophene rings is 1. The van der Waals surface area contributed by atoms with E-state index < -0.39 is 6.04 Å². The molecule has 3 N–H and O–H groups in total. The van der Waals surface area contributed by atoms with Gasteiger partial charge < -0.3 is 15.8 Å². The lowest BCUT2D eigenvalue weighted by Crippen LogP contribution is -2.47. The van der Waals surface area contributed by atoms with Crippen LogP contribution in [0.1, 0.15) is 30.7 Å². The van der Waals surface area contributed by atoms with Crippen LogP contribution in [0.3, 0.4) is 0 Å². The predicted molar refractivity (Wildman–Crippen MR) is 89.9 cm³/mol. The molecule has 2 aromatic rings. The van der Waals surface area contributed by atoms with E-state index in [9.17, 15) is 4.79 Å². The molecule has 5 heteroatoms. The topological polar surface area (TPSA) is 64.4 Å². The van der Waals surface area contributed by atoms with Crippen molar-refractivity contribution < 1.29 is 9.53 Å². The number of benzene rings is 1. The van der Waals surface area contributed by atoms with Gasteiger partial charge in [0.15, 0.2) is 0 Å². The van der Waals surface area contributed by atoms with E-state index in [1.54, 1.807) is 11.3 Å². The number of ether oxygens (including phenoxy) is 1. The molecule has 1 aliphatic heterocycles. The van der Waals surface area contributed by atoms with Crippen LogP contribution in [-0.4, -0.2) is 25.2 Å². The van der Waals surface area contributed by atoms with E-state index in [1.807, 2.05) is 19.1 Å². The third kappa shape index (κ3) is 3.32. The normalized spacial score (nSPS) is 19.0. The number of fused-ring (bicyclic) bond motifs is 1. The highest BCUT2D eigenvalue weighted by Gasteiger charge is 2.27. The number of carbonyl (C=O) groups is 1. The van der Waals surface area contributed by atoms with Crippen molar-refractivity contribution in [3.63, 3.8) is 0 Å². The molecule has 2 atom stereocenters. The van der Waals surface area contributed by atoms with Crippen LogP contribution in [0.2, 0.25) is 0 Å². The Kier molecular flexibility index (Phi) is 4.76. The zero-order valence-electron chi connectivity index (χ0n) is 12.7. The highest BCUT2D eigenvalue weighted by atomic mass is 32.1. The third-order valence-corrected chi connectivity index (χ3v) is 5.61. The highest BCUT2D eigenvalue weighted by molar-refractivity contribution is 7.19. The first-order valence-electron chi connectivity index (χ1n) is 7.77. The van der Waals surface area contributed by atoms with Gasteiger partial charge in [-0.3, -0.25) is 4.79 Å². The maximum absolute atomic E-state index is 12.4. The number of carbonyl (C=O) groups excluding carboxylic acids is 1. The molecule has 22 heavy (non-hydrogen) atoms. The average molecular weight is 318 g/mol. The summed E-state index contributed by atoms with van der Waals surface area (Å²) in [6.45, 7) is 3.42. The molecule has 0 aliphatic carbocycles. The summed E-state index contributed by atoms with van der Waals surface area (Å²) in [6, 6.07) is 9.95. The van der Waals surface area contributed by atoms with Crippen molar-refractivity contribution in [1.29, 1.82) is 0 Å². The van der Waals surface area contributed by atoms with E-state index in [1.165, 1.54) is 10.1 Å². The van der Waals surface area contributed by atoms with Gasteiger partial charge >= 0.3 is 0 Å². The van der Waals surface area contributed by atoms with Crippen molar-refractivity contribution in [3.8, 4) is 0 Å². The van der Waals surface area contributed by atoms with Crippen LogP contribution >= 0.6 is 11.3 Å². The Hall–Kier alpha value is -1.43. The first-order chi connectivity index (χ1) is 10.6. The molecule has 1 aliphatic rings. The minimum atomic E-state index is -0.444. The zero-order chi connectivity index (χ0) is 15.5. The number of nitrogens with two attached hydrogens (primary N) is 1. The van der Waals surface area contributed by atoms with E-state index in [4.69, 9.17) is 10.5 Å². The first-order valence-corrected chi connectivity index (χ1v) is 8.59. The minimum Gasteiger partial charge on any atom is -0.381 e. The van der Waals surface area contributed by atoms with Gasteiger partial charge in [0.05, 0.1) is 12.1 Å². The van der Waals surface area contributed by atoms with Crippen molar-refractivity contribution in [3.05, 3.63) is 35.2 Å². The highest BCUT2D eigenvalue weighted by Crippen LogP contribution is 2.29. The summed E-state index contributed by atoms with van der Waals surface area (Å²) in [6.07, 6.45) is 1.73. The molecule has 1 aromatic carbocycles. The zero-order valence-corrected chi connectivity index (χ0v) is 13.6. The molecule has 118 valence electrons. The van der Waals surface area contributed by atoms with Crippen LogP contribution in [0.15, 0.2) is 30.3 Å². The van der Waals surface area contributed by atoms with Crippen molar-refractivity contribution in [1.82, 2.24) is 5.32 Å². The Labute approximate surface area is 134 Å². The minimum absolute atomic E-state index is 0.0178. The van der Waals surface area contributed by atoms with Gasteiger partial charge in [-0.2, -0.15) is 0 Å². The van der Waals surface area contributed by atoms with Gasteiger partial charge in [0.2, 0.25) is 5.91 Å². The van der Waals surface area contributed by atoms with E-state index in [0.717, 1.165) is 17.7 Å². The molecule has 0 saturated carbocycles. The van der Waals surface area contributed by atoms with Crippen molar-refractivity contribution in [2.75, 3.05) is 13.2 Å². The summed E-state index contributed by atoms with van der Waals surface area (Å²) in [5.41, 5.74) is 6.13. The van der Waals surface area contributed by atoms with Gasteiger partial charge in [-0.1, -0.05) is 18.2 Å². The molecule has 1 amide bonds. The first kappa shape index (κ1) is 15.5. The second-order valence-corrected chi connectivity index (χ2v) is 7.01. The molecular formula is C17H22N2O2S. The van der Waals surface area contributed by atoms with Gasteiger partial charge in [-0.25, -0.2) is 0 Å². The quantitative estimate of drug-likeness (QED) is 0.911. The number of amides is 1. The molecule has 2 unspecified atom stereocenters. The van der Waals surface area contributed by atoms with Gasteiger partial charge in [0.1, 0.15) is 0 Å². The van der Waals surface area contributed by atoms with Gasteiger partial charge in [-0.15, -0.1) is 11.3 Å². The van der Waals surface area contributed by atoms with Crippen molar-refractivity contribution >= 4 is 27.3 Å². The lowest BCUT2D eigenvalue weighted by molar-refractivity contribution is -0.125. The largest absolute Gasteiger partial charge is 0.381 e. The number of hydrogen-bond donors (Lipinski definition) is 2. The number of hydrogen-bond acceptors (Lipinski definition) is 4. The fourth-order valence-electron chi connectivity index (χ4n) is 2.89. The van der Waals surface area contributed by atoms with Gasteiger partial charge in [0, 0.05) is 22.8 Å². The van der Waals surface area contributed by atoms with E-state index >= 15 is 0 Å². The molecule has 0 radical (unpaired) electrons.